The summed E-state index contributed by atoms with van der Waals surface area (Å²) in [6.07, 6.45) is 0.656. The molecule has 248 valence electrons. The van der Waals surface area contributed by atoms with Crippen LogP contribution >= 0.6 is 23.1 Å². The molecule has 1 atom stereocenters. The minimum Gasteiger partial charge on any atom is -0.478 e. The molecule has 0 spiro atoms. The van der Waals surface area contributed by atoms with Crippen LogP contribution in [0.5, 0.6) is 0 Å². The van der Waals surface area contributed by atoms with Crippen LogP contribution in [-0.2, 0) is 29.0 Å². The van der Waals surface area contributed by atoms with Gasteiger partial charge in [-0.15, -0.1) is 23.1 Å². The molecule has 0 saturated carbocycles. The van der Waals surface area contributed by atoms with Crippen molar-refractivity contribution in [2.75, 3.05) is 23.8 Å². The van der Waals surface area contributed by atoms with Crippen molar-refractivity contribution in [2.45, 2.75) is 43.5 Å². The number of aromatic carboxylic acids is 2. The minimum absolute atomic E-state index is 0.197. The maximum atomic E-state index is 13.4. The summed E-state index contributed by atoms with van der Waals surface area (Å²) in [4.78, 5) is 66.4. The van der Waals surface area contributed by atoms with Crippen LogP contribution < -0.4 is 10.6 Å². The molecule has 13 heteroatoms. The molecule has 1 unspecified atom stereocenters. The van der Waals surface area contributed by atoms with Crippen LogP contribution in [0.1, 0.15) is 71.3 Å². The molecular weight excluding hydrogens is 655 g/mol. The molecule has 11 nitrogen and oxygen atoms in total. The maximum Gasteiger partial charge on any atom is 0.341 e. The normalized spacial score (nSPS) is 13.2. The van der Waals surface area contributed by atoms with Gasteiger partial charge in [-0.1, -0.05) is 36.4 Å². The number of thiophene rings is 1. The molecule has 48 heavy (non-hydrogen) atoms. The number of esters is 1. The fourth-order valence-corrected chi connectivity index (χ4v) is 7.52. The van der Waals surface area contributed by atoms with Gasteiger partial charge in [0.15, 0.2) is 0 Å². The second-order valence-electron chi connectivity index (χ2n) is 11.0. The van der Waals surface area contributed by atoms with Gasteiger partial charge in [-0.25, -0.2) is 14.4 Å². The number of ether oxygens (including phenoxy) is 1. The third-order valence-electron chi connectivity index (χ3n) is 7.62. The van der Waals surface area contributed by atoms with Crippen molar-refractivity contribution in [1.29, 1.82) is 0 Å². The molecule has 4 N–H and O–H groups in total. The van der Waals surface area contributed by atoms with E-state index in [-0.39, 0.29) is 23.6 Å². The Bertz CT molecular complexity index is 1870. The van der Waals surface area contributed by atoms with Crippen LogP contribution in [0.2, 0.25) is 0 Å². The highest BCUT2D eigenvalue weighted by Gasteiger charge is 2.30. The minimum atomic E-state index is -1.44. The van der Waals surface area contributed by atoms with Crippen molar-refractivity contribution >= 4 is 63.5 Å². The summed E-state index contributed by atoms with van der Waals surface area (Å²) in [7, 11) is 0. The SMILES string of the molecule is CCOC(=O)c1c(NC(=O)C(C)Sc2cccc(NC(=O)c3ccc(C(=O)O)cc3C(=O)O)c2)sc2c1CCN(Cc1ccccc1)C2. The molecule has 2 amide bonds. The lowest BCUT2D eigenvalue weighted by Gasteiger charge is -2.27. The van der Waals surface area contributed by atoms with Gasteiger partial charge in [0.1, 0.15) is 5.00 Å². The Morgan fingerprint density at radius 1 is 0.938 bits per heavy atom. The zero-order chi connectivity index (χ0) is 34.4. The number of benzene rings is 3. The Morgan fingerprint density at radius 2 is 1.71 bits per heavy atom. The van der Waals surface area contributed by atoms with Crippen molar-refractivity contribution in [3.05, 3.63) is 111 Å². The van der Waals surface area contributed by atoms with Gasteiger partial charge < -0.3 is 25.6 Å². The van der Waals surface area contributed by atoms with E-state index in [2.05, 4.69) is 27.7 Å². The van der Waals surface area contributed by atoms with Crippen LogP contribution in [0.25, 0.3) is 0 Å². The van der Waals surface area contributed by atoms with Crippen LogP contribution in [0.4, 0.5) is 10.7 Å². The number of carbonyl (C=O) groups is 5. The average molecular weight is 688 g/mol. The summed E-state index contributed by atoms with van der Waals surface area (Å²) >= 11 is 2.63. The molecule has 2 heterocycles. The third kappa shape index (κ3) is 8.11. The summed E-state index contributed by atoms with van der Waals surface area (Å²) < 4.78 is 5.37. The second-order valence-corrected chi connectivity index (χ2v) is 13.5. The molecule has 1 aliphatic rings. The number of rotatable bonds is 12. The molecular formula is C35H33N3O8S2. The Hall–Kier alpha value is -4.98. The van der Waals surface area contributed by atoms with E-state index >= 15 is 0 Å². The number of hydrogen-bond acceptors (Lipinski definition) is 9. The maximum absolute atomic E-state index is 13.4. The Balaban J connectivity index is 1.28. The number of carbonyl (C=O) groups excluding carboxylic acids is 3. The highest BCUT2D eigenvalue weighted by atomic mass is 32.2. The van der Waals surface area contributed by atoms with Gasteiger partial charge in [-0.3, -0.25) is 14.5 Å². The lowest BCUT2D eigenvalue weighted by Crippen LogP contribution is -2.30. The van der Waals surface area contributed by atoms with Gasteiger partial charge >= 0.3 is 17.9 Å². The monoisotopic (exact) mass is 687 g/mol. The fourth-order valence-electron chi connectivity index (χ4n) is 5.31. The molecule has 0 bridgehead atoms. The Labute approximate surface area is 284 Å². The zero-order valence-corrected chi connectivity index (χ0v) is 27.8. The first kappa shape index (κ1) is 34.4. The third-order valence-corrected chi connectivity index (χ3v) is 9.84. The smallest absolute Gasteiger partial charge is 0.341 e. The summed E-state index contributed by atoms with van der Waals surface area (Å²) in [6.45, 7) is 5.88. The van der Waals surface area contributed by atoms with Crippen molar-refractivity contribution in [1.82, 2.24) is 4.90 Å². The first-order chi connectivity index (χ1) is 23.0. The fraction of sp³-hybridized carbons (Fsp3) is 0.229. The van der Waals surface area contributed by atoms with Gasteiger partial charge in [0.25, 0.3) is 5.91 Å². The molecule has 3 aromatic carbocycles. The van der Waals surface area contributed by atoms with Gasteiger partial charge in [-0.2, -0.15) is 0 Å². The van der Waals surface area contributed by atoms with Gasteiger partial charge in [-0.05, 0) is 67.8 Å². The van der Waals surface area contributed by atoms with Crippen molar-refractivity contribution in [3.63, 3.8) is 0 Å². The van der Waals surface area contributed by atoms with Crippen LogP contribution in [0, 0.1) is 0 Å². The molecule has 0 fully saturated rings. The lowest BCUT2D eigenvalue weighted by atomic mass is 10.0. The van der Waals surface area contributed by atoms with Crippen LogP contribution in [0.15, 0.2) is 77.7 Å². The Kier molecular flexibility index (Phi) is 10.9. The van der Waals surface area contributed by atoms with Crippen LogP contribution in [0.3, 0.4) is 0 Å². The number of thioether (sulfide) groups is 1. The second kappa shape index (κ2) is 15.3. The molecule has 0 radical (unpaired) electrons. The van der Waals surface area contributed by atoms with E-state index in [0.29, 0.717) is 34.1 Å². The quantitative estimate of drug-likeness (QED) is 0.0989. The predicted molar refractivity (Wildman–Crippen MR) is 183 cm³/mol. The Morgan fingerprint density at radius 3 is 2.42 bits per heavy atom. The van der Waals surface area contributed by atoms with E-state index in [9.17, 15) is 34.2 Å². The summed E-state index contributed by atoms with van der Waals surface area (Å²) in [6, 6.07) is 20.1. The highest BCUT2D eigenvalue weighted by Crippen LogP contribution is 2.39. The van der Waals surface area contributed by atoms with Crippen molar-refractivity contribution in [2.24, 2.45) is 0 Å². The van der Waals surface area contributed by atoms with Gasteiger partial charge in [0, 0.05) is 35.1 Å². The van der Waals surface area contributed by atoms with E-state index in [4.69, 9.17) is 4.74 Å². The molecule has 5 rings (SSSR count). The number of nitrogens with one attached hydrogen (secondary N) is 2. The first-order valence-corrected chi connectivity index (χ1v) is 16.8. The average Bonchev–Trinajstić information content (AvgIpc) is 3.42. The number of amides is 2. The summed E-state index contributed by atoms with van der Waals surface area (Å²) in [5.41, 5.74) is 1.98. The topological polar surface area (TPSA) is 162 Å². The first-order valence-electron chi connectivity index (χ1n) is 15.1. The summed E-state index contributed by atoms with van der Waals surface area (Å²) in [5.74, 6) is -4.26. The molecule has 1 aliphatic heterocycles. The highest BCUT2D eigenvalue weighted by molar-refractivity contribution is 8.00. The van der Waals surface area contributed by atoms with E-state index in [0.717, 1.165) is 41.7 Å². The van der Waals surface area contributed by atoms with Crippen LogP contribution in [-0.4, -0.2) is 63.2 Å². The van der Waals surface area contributed by atoms with E-state index in [1.807, 2.05) is 18.2 Å². The van der Waals surface area contributed by atoms with Crippen molar-refractivity contribution < 1.29 is 38.9 Å². The number of nitrogens with zero attached hydrogens (tertiary/aromatic N) is 1. The standard InChI is InChI=1S/C35H33N3O8S2/c1-3-46-35(45)29-26-14-15-38(18-21-8-5-4-6-9-21)19-28(26)48-32(29)37-30(39)20(2)47-24-11-7-10-23(17-24)36-31(40)25-13-12-22(33(41)42)16-27(25)34(43)44/h4-13,16-17,20H,3,14-15,18-19H2,1-2H3,(H,36,40)(H,37,39)(H,41,42)(H,43,44). The van der Waals surface area contributed by atoms with E-state index in [1.165, 1.54) is 28.7 Å². The molecule has 1 aromatic heterocycles. The van der Waals surface area contributed by atoms with E-state index < -0.39 is 34.6 Å². The van der Waals surface area contributed by atoms with Gasteiger partial charge in [0.2, 0.25) is 5.91 Å². The number of hydrogen-bond donors (Lipinski definition) is 4. The largest absolute Gasteiger partial charge is 0.478 e. The molecule has 0 aliphatic carbocycles. The van der Waals surface area contributed by atoms with E-state index in [1.54, 1.807) is 38.1 Å². The van der Waals surface area contributed by atoms with Crippen molar-refractivity contribution in [3.8, 4) is 0 Å². The zero-order valence-electron chi connectivity index (χ0n) is 26.1. The predicted octanol–water partition coefficient (Wildman–Crippen LogP) is 6.25. The van der Waals surface area contributed by atoms with Gasteiger partial charge in [0.05, 0.1) is 34.1 Å². The lowest BCUT2D eigenvalue weighted by molar-refractivity contribution is -0.115. The number of fused-ring (bicyclic) bond motifs is 1. The summed E-state index contributed by atoms with van der Waals surface area (Å²) in [5, 5.41) is 24.2. The number of carboxylic acids is 2. The number of carboxylic acid groups (broad SMARTS) is 2. The molecule has 0 saturated heterocycles. The molecule has 4 aromatic rings. The number of anilines is 2.